The third kappa shape index (κ3) is 3.76. The fourth-order valence-corrected chi connectivity index (χ4v) is 4.30. The Labute approximate surface area is 151 Å². The molecule has 0 bridgehead atoms. The normalized spacial score (nSPS) is 11.0. The fraction of sp³-hybridized carbons (Fsp3) is 0.267. The highest BCUT2D eigenvalue weighted by molar-refractivity contribution is 9.10. The fourth-order valence-electron chi connectivity index (χ4n) is 2.08. The molecule has 0 spiro atoms. The number of nitrogen functional groups attached to an aromatic ring is 1. The number of halogens is 1. The van der Waals surface area contributed by atoms with Crippen molar-refractivity contribution in [1.29, 1.82) is 0 Å². The summed E-state index contributed by atoms with van der Waals surface area (Å²) >= 11 is 6.78. The molecular weight excluding hydrogens is 394 g/mol. The molecule has 8 heteroatoms. The van der Waals surface area contributed by atoms with Gasteiger partial charge >= 0.3 is 0 Å². The van der Waals surface area contributed by atoms with Gasteiger partial charge in [0.1, 0.15) is 0 Å². The summed E-state index contributed by atoms with van der Waals surface area (Å²) in [6.45, 7) is 2.16. The van der Waals surface area contributed by atoms with Crippen molar-refractivity contribution in [3.05, 3.63) is 44.8 Å². The van der Waals surface area contributed by atoms with Crippen LogP contribution in [0.3, 0.4) is 0 Å². The minimum atomic E-state index is 0.643. The molecule has 0 aliphatic carbocycles. The van der Waals surface area contributed by atoms with E-state index >= 15 is 0 Å². The van der Waals surface area contributed by atoms with Gasteiger partial charge in [-0.3, -0.25) is 0 Å². The second-order valence-electron chi connectivity index (χ2n) is 4.93. The summed E-state index contributed by atoms with van der Waals surface area (Å²) in [6.07, 6.45) is 2.15. The predicted octanol–water partition coefficient (Wildman–Crippen LogP) is 4.12. The molecule has 0 fully saturated rings. The number of aryl methyl sites for hydroxylation is 1. The molecule has 0 amide bonds. The van der Waals surface area contributed by atoms with E-state index in [1.165, 1.54) is 9.68 Å². The molecule has 3 rings (SSSR count). The number of thioether (sulfide) groups is 1. The van der Waals surface area contributed by atoms with Crippen LogP contribution < -0.4 is 5.84 Å². The number of thiazole rings is 1. The molecule has 2 N–H and O–H groups in total. The summed E-state index contributed by atoms with van der Waals surface area (Å²) in [7, 11) is 0. The summed E-state index contributed by atoms with van der Waals surface area (Å²) < 4.78 is 2.48. The summed E-state index contributed by atoms with van der Waals surface area (Å²) in [5.74, 6) is 7.54. The maximum absolute atomic E-state index is 6.15. The van der Waals surface area contributed by atoms with Gasteiger partial charge in [-0.1, -0.05) is 46.7 Å². The molecule has 120 valence electrons. The summed E-state index contributed by atoms with van der Waals surface area (Å²) in [6, 6.07) is 7.83. The van der Waals surface area contributed by atoms with E-state index < -0.39 is 0 Å². The Morgan fingerprint density at radius 1 is 1.30 bits per heavy atom. The highest BCUT2D eigenvalue weighted by atomic mass is 79.9. The van der Waals surface area contributed by atoms with Crippen molar-refractivity contribution < 1.29 is 0 Å². The van der Waals surface area contributed by atoms with Gasteiger partial charge in [0.2, 0.25) is 5.16 Å². The van der Waals surface area contributed by atoms with E-state index in [0.717, 1.165) is 34.3 Å². The van der Waals surface area contributed by atoms with Crippen molar-refractivity contribution in [3.63, 3.8) is 0 Å². The molecule has 0 unspecified atom stereocenters. The number of aromatic nitrogens is 4. The van der Waals surface area contributed by atoms with E-state index in [2.05, 4.69) is 43.4 Å². The van der Waals surface area contributed by atoms with Crippen LogP contribution in [-0.4, -0.2) is 19.9 Å². The van der Waals surface area contributed by atoms with Crippen molar-refractivity contribution in [2.75, 3.05) is 5.84 Å². The molecule has 3 aromatic rings. The van der Waals surface area contributed by atoms with Gasteiger partial charge in [0.05, 0.1) is 10.7 Å². The zero-order valence-corrected chi connectivity index (χ0v) is 15.8. The third-order valence-corrected chi connectivity index (χ3v) is 5.82. The van der Waals surface area contributed by atoms with E-state index in [4.69, 9.17) is 5.84 Å². The Morgan fingerprint density at radius 2 is 2.13 bits per heavy atom. The van der Waals surface area contributed by atoms with Crippen LogP contribution in [-0.2, 0) is 12.2 Å². The zero-order chi connectivity index (χ0) is 16.2. The van der Waals surface area contributed by atoms with Gasteiger partial charge < -0.3 is 5.84 Å². The SMILES string of the molecule is CCCc1nc(CSc2nnc(-c3ccccc3Br)n2N)cs1. The molecule has 0 radical (unpaired) electrons. The molecule has 0 atom stereocenters. The minimum absolute atomic E-state index is 0.643. The molecule has 2 heterocycles. The van der Waals surface area contributed by atoms with Gasteiger partial charge in [0, 0.05) is 21.2 Å². The smallest absolute Gasteiger partial charge is 0.210 e. The second kappa shape index (κ2) is 7.46. The number of hydrogen-bond acceptors (Lipinski definition) is 6. The van der Waals surface area contributed by atoms with E-state index in [1.54, 1.807) is 23.1 Å². The van der Waals surface area contributed by atoms with E-state index in [-0.39, 0.29) is 0 Å². The Bertz CT molecular complexity index is 799. The first kappa shape index (κ1) is 16.5. The van der Waals surface area contributed by atoms with Crippen LogP contribution in [0.15, 0.2) is 39.3 Å². The first-order chi connectivity index (χ1) is 11.2. The largest absolute Gasteiger partial charge is 0.335 e. The Balaban J connectivity index is 1.73. The Kier molecular flexibility index (Phi) is 5.34. The van der Waals surface area contributed by atoms with Gasteiger partial charge in [0.25, 0.3) is 0 Å². The van der Waals surface area contributed by atoms with Crippen molar-refractivity contribution in [3.8, 4) is 11.4 Å². The van der Waals surface area contributed by atoms with Crippen molar-refractivity contribution in [1.82, 2.24) is 19.9 Å². The molecule has 23 heavy (non-hydrogen) atoms. The van der Waals surface area contributed by atoms with E-state index in [1.807, 2.05) is 24.3 Å². The predicted molar refractivity (Wildman–Crippen MR) is 99.0 cm³/mol. The number of rotatable bonds is 6. The lowest BCUT2D eigenvalue weighted by atomic mass is 10.2. The topological polar surface area (TPSA) is 69.6 Å². The standard InChI is InChI=1S/C15H16BrN5S2/c1-2-5-13-18-10(8-22-13)9-23-15-20-19-14(21(15)17)11-6-3-4-7-12(11)16/h3-4,6-8H,2,5,9,17H2,1H3. The van der Waals surface area contributed by atoms with Crippen molar-refractivity contribution >= 4 is 39.0 Å². The lowest BCUT2D eigenvalue weighted by Gasteiger charge is -2.04. The first-order valence-corrected chi connectivity index (χ1v) is 9.86. The Morgan fingerprint density at radius 3 is 2.91 bits per heavy atom. The average molecular weight is 410 g/mol. The first-order valence-electron chi connectivity index (χ1n) is 7.20. The van der Waals surface area contributed by atoms with Crippen LogP contribution >= 0.6 is 39.0 Å². The van der Waals surface area contributed by atoms with Crippen LogP contribution in [0.1, 0.15) is 24.0 Å². The summed E-state index contributed by atoms with van der Waals surface area (Å²) in [5, 5.41) is 12.4. The van der Waals surface area contributed by atoms with Crippen molar-refractivity contribution in [2.24, 2.45) is 0 Å². The molecular formula is C15H16BrN5S2. The summed E-state index contributed by atoms with van der Waals surface area (Å²) in [4.78, 5) is 4.62. The molecule has 2 aromatic heterocycles. The van der Waals surface area contributed by atoms with Crippen LogP contribution in [0.4, 0.5) is 0 Å². The molecule has 0 saturated carbocycles. The maximum atomic E-state index is 6.15. The quantitative estimate of drug-likeness (QED) is 0.489. The van der Waals surface area contributed by atoms with Crippen LogP contribution in [0.5, 0.6) is 0 Å². The monoisotopic (exact) mass is 409 g/mol. The van der Waals surface area contributed by atoms with Gasteiger partial charge in [0.15, 0.2) is 5.82 Å². The van der Waals surface area contributed by atoms with Gasteiger partial charge in [-0.05, 0) is 25.0 Å². The number of hydrogen-bond donors (Lipinski definition) is 1. The highest BCUT2D eigenvalue weighted by Crippen LogP contribution is 2.29. The molecule has 0 saturated heterocycles. The molecule has 0 aliphatic rings. The lowest BCUT2D eigenvalue weighted by molar-refractivity contribution is 0.848. The minimum Gasteiger partial charge on any atom is -0.335 e. The number of nitrogens with two attached hydrogens (primary N) is 1. The van der Waals surface area contributed by atoms with Gasteiger partial charge in [-0.25, -0.2) is 9.66 Å². The average Bonchev–Trinajstić information content (AvgIpc) is 3.13. The highest BCUT2D eigenvalue weighted by Gasteiger charge is 2.14. The molecule has 1 aromatic carbocycles. The maximum Gasteiger partial charge on any atom is 0.210 e. The van der Waals surface area contributed by atoms with E-state index in [0.29, 0.717) is 11.0 Å². The van der Waals surface area contributed by atoms with Crippen LogP contribution in [0.25, 0.3) is 11.4 Å². The number of nitrogens with zero attached hydrogens (tertiary/aromatic N) is 4. The summed E-state index contributed by atoms with van der Waals surface area (Å²) in [5.41, 5.74) is 1.99. The molecule has 0 aliphatic heterocycles. The van der Waals surface area contributed by atoms with Gasteiger partial charge in [-0.15, -0.1) is 21.5 Å². The zero-order valence-electron chi connectivity index (χ0n) is 12.6. The van der Waals surface area contributed by atoms with Crippen molar-refractivity contribution in [2.45, 2.75) is 30.7 Å². The second-order valence-corrected chi connectivity index (χ2v) is 7.67. The lowest BCUT2D eigenvalue weighted by Crippen LogP contribution is -2.11. The molecule has 5 nitrogen and oxygen atoms in total. The van der Waals surface area contributed by atoms with Crippen LogP contribution in [0, 0.1) is 0 Å². The van der Waals surface area contributed by atoms with Crippen LogP contribution in [0.2, 0.25) is 0 Å². The van der Waals surface area contributed by atoms with Gasteiger partial charge in [-0.2, -0.15) is 0 Å². The van der Waals surface area contributed by atoms with E-state index in [9.17, 15) is 0 Å². The Hall–Kier alpha value is -1.38. The number of benzene rings is 1. The third-order valence-electron chi connectivity index (χ3n) is 3.19.